The van der Waals surface area contributed by atoms with Gasteiger partial charge in [-0.3, -0.25) is 14.6 Å². The first-order chi connectivity index (χ1) is 9.99. The van der Waals surface area contributed by atoms with Crippen molar-refractivity contribution in [2.75, 3.05) is 13.2 Å². The SMILES string of the molecule is CCOC(=O)C(C=Nc1ccc(C)cc1C)C(=O)OCC. The third kappa shape index (κ3) is 5.02. The summed E-state index contributed by atoms with van der Waals surface area (Å²) in [6, 6.07) is 5.74. The van der Waals surface area contributed by atoms with Crippen LogP contribution in [0.1, 0.15) is 25.0 Å². The van der Waals surface area contributed by atoms with E-state index in [0.717, 1.165) is 11.1 Å². The van der Waals surface area contributed by atoms with E-state index in [9.17, 15) is 9.59 Å². The molecule has 0 atom stereocenters. The average molecular weight is 291 g/mol. The lowest BCUT2D eigenvalue weighted by molar-refractivity contribution is -0.157. The van der Waals surface area contributed by atoms with E-state index in [1.165, 1.54) is 6.21 Å². The zero-order chi connectivity index (χ0) is 15.8. The van der Waals surface area contributed by atoms with Crippen LogP contribution in [0.2, 0.25) is 0 Å². The molecule has 5 heteroatoms. The fourth-order valence-corrected chi connectivity index (χ4v) is 1.79. The van der Waals surface area contributed by atoms with Gasteiger partial charge in [-0.25, -0.2) is 0 Å². The molecule has 0 fully saturated rings. The molecule has 0 heterocycles. The van der Waals surface area contributed by atoms with E-state index in [1.54, 1.807) is 13.8 Å². The van der Waals surface area contributed by atoms with Crippen molar-refractivity contribution >= 4 is 23.8 Å². The van der Waals surface area contributed by atoms with Crippen molar-refractivity contribution in [2.45, 2.75) is 27.7 Å². The topological polar surface area (TPSA) is 65.0 Å². The van der Waals surface area contributed by atoms with Gasteiger partial charge in [0.25, 0.3) is 0 Å². The molecule has 0 N–H and O–H groups in total. The normalized spacial score (nSPS) is 10.9. The van der Waals surface area contributed by atoms with Crippen molar-refractivity contribution in [3.63, 3.8) is 0 Å². The zero-order valence-corrected chi connectivity index (χ0v) is 12.9. The van der Waals surface area contributed by atoms with E-state index in [2.05, 4.69) is 4.99 Å². The largest absolute Gasteiger partial charge is 0.465 e. The predicted molar refractivity (Wildman–Crippen MR) is 80.8 cm³/mol. The number of hydrogen-bond acceptors (Lipinski definition) is 5. The van der Waals surface area contributed by atoms with Crippen LogP contribution in [-0.2, 0) is 19.1 Å². The molecule has 0 aliphatic rings. The molecule has 1 aromatic carbocycles. The van der Waals surface area contributed by atoms with Crippen LogP contribution in [0.4, 0.5) is 5.69 Å². The Morgan fingerprint density at radius 1 is 1.14 bits per heavy atom. The van der Waals surface area contributed by atoms with Crippen LogP contribution in [0.15, 0.2) is 23.2 Å². The van der Waals surface area contributed by atoms with Crippen LogP contribution in [0.3, 0.4) is 0 Å². The predicted octanol–water partition coefficient (Wildman–Crippen LogP) is 2.75. The van der Waals surface area contributed by atoms with Crippen LogP contribution in [0.25, 0.3) is 0 Å². The maximum absolute atomic E-state index is 11.8. The van der Waals surface area contributed by atoms with Gasteiger partial charge >= 0.3 is 11.9 Å². The average Bonchev–Trinajstić information content (AvgIpc) is 2.41. The molecule has 114 valence electrons. The highest BCUT2D eigenvalue weighted by molar-refractivity contribution is 6.09. The Hall–Kier alpha value is -2.17. The first-order valence-electron chi connectivity index (χ1n) is 6.94. The van der Waals surface area contributed by atoms with Crippen molar-refractivity contribution in [1.29, 1.82) is 0 Å². The summed E-state index contributed by atoms with van der Waals surface area (Å²) < 4.78 is 9.76. The van der Waals surface area contributed by atoms with E-state index < -0.39 is 17.9 Å². The van der Waals surface area contributed by atoms with Gasteiger partial charge in [0.1, 0.15) is 0 Å². The number of rotatable bonds is 6. The van der Waals surface area contributed by atoms with Gasteiger partial charge in [0.2, 0.25) is 0 Å². The van der Waals surface area contributed by atoms with Crippen LogP contribution in [0.5, 0.6) is 0 Å². The second kappa shape index (κ2) is 8.19. The summed E-state index contributed by atoms with van der Waals surface area (Å²) >= 11 is 0. The fourth-order valence-electron chi connectivity index (χ4n) is 1.79. The molecule has 0 spiro atoms. The molecule has 0 aromatic heterocycles. The van der Waals surface area contributed by atoms with Crippen molar-refractivity contribution in [1.82, 2.24) is 0 Å². The number of carbonyl (C=O) groups excluding carboxylic acids is 2. The third-order valence-corrected chi connectivity index (χ3v) is 2.80. The molecule has 0 aliphatic carbocycles. The smallest absolute Gasteiger partial charge is 0.325 e. The first-order valence-corrected chi connectivity index (χ1v) is 6.94. The lowest BCUT2D eigenvalue weighted by atomic mass is 10.1. The molecule has 0 saturated carbocycles. The summed E-state index contributed by atoms with van der Waals surface area (Å²) in [6.07, 6.45) is 1.29. The number of nitrogens with zero attached hydrogens (tertiary/aromatic N) is 1. The molecular formula is C16H21NO4. The highest BCUT2D eigenvalue weighted by Crippen LogP contribution is 2.19. The molecule has 0 bridgehead atoms. The summed E-state index contributed by atoms with van der Waals surface area (Å²) in [5.74, 6) is -2.43. The van der Waals surface area contributed by atoms with E-state index >= 15 is 0 Å². The van der Waals surface area contributed by atoms with Gasteiger partial charge in [0, 0.05) is 6.21 Å². The monoisotopic (exact) mass is 291 g/mol. The summed E-state index contributed by atoms with van der Waals surface area (Å²) in [7, 11) is 0. The van der Waals surface area contributed by atoms with E-state index in [-0.39, 0.29) is 13.2 Å². The van der Waals surface area contributed by atoms with Crippen molar-refractivity contribution in [2.24, 2.45) is 10.9 Å². The Balaban J connectivity index is 2.96. The van der Waals surface area contributed by atoms with Gasteiger partial charge in [-0.05, 0) is 39.3 Å². The Morgan fingerprint density at radius 3 is 2.19 bits per heavy atom. The van der Waals surface area contributed by atoms with Gasteiger partial charge in [0.05, 0.1) is 18.9 Å². The molecular weight excluding hydrogens is 270 g/mol. The van der Waals surface area contributed by atoms with Crippen LogP contribution in [0, 0.1) is 19.8 Å². The highest BCUT2D eigenvalue weighted by Gasteiger charge is 2.27. The van der Waals surface area contributed by atoms with Crippen LogP contribution < -0.4 is 0 Å². The van der Waals surface area contributed by atoms with E-state index in [0.29, 0.717) is 5.69 Å². The van der Waals surface area contributed by atoms with Crippen molar-refractivity contribution < 1.29 is 19.1 Å². The number of aryl methyl sites for hydroxylation is 2. The number of aliphatic imine (C=N–C) groups is 1. The minimum Gasteiger partial charge on any atom is -0.465 e. The number of ether oxygens (including phenoxy) is 2. The highest BCUT2D eigenvalue weighted by atomic mass is 16.6. The lowest BCUT2D eigenvalue weighted by Gasteiger charge is -2.10. The Morgan fingerprint density at radius 2 is 1.71 bits per heavy atom. The van der Waals surface area contributed by atoms with Gasteiger partial charge < -0.3 is 9.47 Å². The second-order valence-corrected chi connectivity index (χ2v) is 4.55. The zero-order valence-electron chi connectivity index (χ0n) is 12.9. The number of carbonyl (C=O) groups is 2. The summed E-state index contributed by atoms with van der Waals surface area (Å²) in [4.78, 5) is 27.8. The van der Waals surface area contributed by atoms with Gasteiger partial charge in [-0.15, -0.1) is 0 Å². The molecule has 0 aliphatic heterocycles. The number of benzene rings is 1. The van der Waals surface area contributed by atoms with Crippen molar-refractivity contribution in [3.8, 4) is 0 Å². The number of hydrogen-bond donors (Lipinski definition) is 0. The molecule has 1 aromatic rings. The van der Waals surface area contributed by atoms with E-state index in [4.69, 9.17) is 9.47 Å². The van der Waals surface area contributed by atoms with Gasteiger partial charge in [-0.1, -0.05) is 17.7 Å². The maximum Gasteiger partial charge on any atom is 0.325 e. The van der Waals surface area contributed by atoms with Crippen LogP contribution >= 0.6 is 0 Å². The van der Waals surface area contributed by atoms with Gasteiger partial charge in [0.15, 0.2) is 5.92 Å². The summed E-state index contributed by atoms with van der Waals surface area (Å²) in [6.45, 7) is 7.67. The lowest BCUT2D eigenvalue weighted by Crippen LogP contribution is -2.29. The third-order valence-electron chi connectivity index (χ3n) is 2.80. The Labute approximate surface area is 125 Å². The maximum atomic E-state index is 11.8. The summed E-state index contributed by atoms with van der Waals surface area (Å²) in [5.41, 5.74) is 2.80. The minimum atomic E-state index is -1.13. The molecule has 0 saturated heterocycles. The number of esters is 2. The molecule has 21 heavy (non-hydrogen) atoms. The van der Waals surface area contributed by atoms with Crippen LogP contribution in [-0.4, -0.2) is 31.4 Å². The molecule has 0 radical (unpaired) electrons. The summed E-state index contributed by atoms with van der Waals surface area (Å²) in [5, 5.41) is 0. The fraction of sp³-hybridized carbons (Fsp3) is 0.438. The minimum absolute atomic E-state index is 0.201. The quantitative estimate of drug-likeness (QED) is 0.459. The second-order valence-electron chi connectivity index (χ2n) is 4.55. The standard InChI is InChI=1S/C16H21NO4/c1-5-20-15(18)13(16(19)21-6-2)10-17-14-8-7-11(3)9-12(14)4/h7-10,13H,5-6H2,1-4H3. The van der Waals surface area contributed by atoms with Crippen molar-refractivity contribution in [3.05, 3.63) is 29.3 Å². The molecule has 0 amide bonds. The van der Waals surface area contributed by atoms with E-state index in [1.807, 2.05) is 32.0 Å². The molecule has 0 unspecified atom stereocenters. The molecule has 5 nitrogen and oxygen atoms in total. The Kier molecular flexibility index (Phi) is 6.59. The Bertz CT molecular complexity index is 519. The first kappa shape index (κ1) is 16.9. The van der Waals surface area contributed by atoms with Gasteiger partial charge in [-0.2, -0.15) is 0 Å². The molecule has 1 rings (SSSR count).